The SMILES string of the molecule is CN1CCSCC1C(Cc1ccc(C(C)(C)C)cc1)NN. The zero-order chi connectivity index (χ0) is 15.5. The minimum atomic E-state index is 0.213. The highest BCUT2D eigenvalue weighted by molar-refractivity contribution is 7.99. The number of benzene rings is 1. The van der Waals surface area contributed by atoms with Gasteiger partial charge in [-0.3, -0.25) is 11.3 Å². The highest BCUT2D eigenvalue weighted by Gasteiger charge is 2.27. The molecule has 0 bridgehead atoms. The van der Waals surface area contributed by atoms with Gasteiger partial charge in [-0.1, -0.05) is 45.0 Å². The summed E-state index contributed by atoms with van der Waals surface area (Å²) >= 11 is 2.03. The molecule has 1 saturated heterocycles. The van der Waals surface area contributed by atoms with E-state index in [4.69, 9.17) is 5.84 Å². The standard InChI is InChI=1S/C17H29N3S/c1-17(2,3)14-7-5-13(6-8-14)11-15(19-18)16-12-21-10-9-20(16)4/h5-8,15-16,19H,9-12,18H2,1-4H3. The van der Waals surface area contributed by atoms with E-state index in [1.165, 1.54) is 16.9 Å². The number of nitrogens with one attached hydrogen (secondary N) is 1. The summed E-state index contributed by atoms with van der Waals surface area (Å²) in [6.07, 6.45) is 0.983. The van der Waals surface area contributed by atoms with Crippen LogP contribution in [0.2, 0.25) is 0 Å². The van der Waals surface area contributed by atoms with Gasteiger partial charge in [0.1, 0.15) is 0 Å². The van der Waals surface area contributed by atoms with Gasteiger partial charge in [0.25, 0.3) is 0 Å². The molecule has 1 aromatic carbocycles. The second-order valence-corrected chi connectivity index (χ2v) is 8.20. The average Bonchev–Trinajstić information content (AvgIpc) is 2.45. The summed E-state index contributed by atoms with van der Waals surface area (Å²) in [6, 6.07) is 9.83. The number of likely N-dealkylation sites (N-methyl/N-ethyl adjacent to an activating group) is 1. The monoisotopic (exact) mass is 307 g/mol. The zero-order valence-electron chi connectivity index (χ0n) is 13.7. The van der Waals surface area contributed by atoms with Gasteiger partial charge in [-0.25, -0.2) is 0 Å². The molecule has 4 heteroatoms. The van der Waals surface area contributed by atoms with Gasteiger partial charge >= 0.3 is 0 Å². The van der Waals surface area contributed by atoms with Crippen molar-refractivity contribution in [1.82, 2.24) is 10.3 Å². The Hall–Kier alpha value is -0.550. The van der Waals surface area contributed by atoms with E-state index in [1.807, 2.05) is 11.8 Å². The van der Waals surface area contributed by atoms with Crippen LogP contribution in [-0.4, -0.2) is 42.1 Å². The minimum Gasteiger partial charge on any atom is -0.300 e. The van der Waals surface area contributed by atoms with Gasteiger partial charge in [0.2, 0.25) is 0 Å². The van der Waals surface area contributed by atoms with E-state index >= 15 is 0 Å². The molecule has 2 unspecified atom stereocenters. The van der Waals surface area contributed by atoms with Crippen LogP contribution in [0, 0.1) is 0 Å². The maximum absolute atomic E-state index is 5.83. The smallest absolute Gasteiger partial charge is 0.0414 e. The molecule has 0 radical (unpaired) electrons. The summed E-state index contributed by atoms with van der Waals surface area (Å²) in [7, 11) is 2.21. The Morgan fingerprint density at radius 2 is 2.00 bits per heavy atom. The third-order valence-electron chi connectivity index (χ3n) is 4.40. The molecule has 0 aliphatic carbocycles. The molecule has 21 heavy (non-hydrogen) atoms. The van der Waals surface area contributed by atoms with Crippen molar-refractivity contribution in [3.63, 3.8) is 0 Å². The van der Waals surface area contributed by atoms with Crippen molar-refractivity contribution in [3.05, 3.63) is 35.4 Å². The number of hydrazine groups is 1. The van der Waals surface area contributed by atoms with E-state index in [-0.39, 0.29) is 5.41 Å². The summed E-state index contributed by atoms with van der Waals surface area (Å²) in [6.45, 7) is 7.90. The molecule has 0 aromatic heterocycles. The molecule has 0 amide bonds. The second-order valence-electron chi connectivity index (χ2n) is 7.05. The molecule has 1 fully saturated rings. The van der Waals surface area contributed by atoms with Gasteiger partial charge in [0.05, 0.1) is 0 Å². The van der Waals surface area contributed by atoms with E-state index in [2.05, 4.69) is 62.4 Å². The van der Waals surface area contributed by atoms with Crippen LogP contribution in [0.3, 0.4) is 0 Å². The maximum atomic E-state index is 5.83. The topological polar surface area (TPSA) is 41.3 Å². The third kappa shape index (κ3) is 4.46. The van der Waals surface area contributed by atoms with E-state index in [1.54, 1.807) is 0 Å². The average molecular weight is 308 g/mol. The first-order valence-corrected chi connectivity index (χ1v) is 8.91. The molecule has 3 N–H and O–H groups in total. The fraction of sp³-hybridized carbons (Fsp3) is 0.647. The van der Waals surface area contributed by atoms with Crippen LogP contribution in [0.1, 0.15) is 31.9 Å². The molecular formula is C17H29N3S. The molecule has 3 nitrogen and oxygen atoms in total. The van der Waals surface area contributed by atoms with Gasteiger partial charge in [0, 0.05) is 30.1 Å². The van der Waals surface area contributed by atoms with Gasteiger partial charge in [-0.2, -0.15) is 11.8 Å². The largest absolute Gasteiger partial charge is 0.300 e. The summed E-state index contributed by atoms with van der Waals surface area (Å²) in [5, 5.41) is 0. The highest BCUT2D eigenvalue weighted by atomic mass is 32.2. The first-order chi connectivity index (χ1) is 9.91. The van der Waals surface area contributed by atoms with Crippen molar-refractivity contribution in [3.8, 4) is 0 Å². The van der Waals surface area contributed by atoms with Gasteiger partial charge < -0.3 is 4.90 Å². The Bertz CT molecular complexity index is 438. The second kappa shape index (κ2) is 7.14. The zero-order valence-corrected chi connectivity index (χ0v) is 14.5. The van der Waals surface area contributed by atoms with Gasteiger partial charge in [0.15, 0.2) is 0 Å². The molecule has 118 valence electrons. The lowest BCUT2D eigenvalue weighted by Gasteiger charge is -2.37. The summed E-state index contributed by atoms with van der Waals surface area (Å²) in [4.78, 5) is 2.44. The number of nitrogens with zero attached hydrogens (tertiary/aromatic N) is 1. The van der Waals surface area contributed by atoms with Crippen LogP contribution in [-0.2, 0) is 11.8 Å². The van der Waals surface area contributed by atoms with Crippen molar-refractivity contribution in [1.29, 1.82) is 0 Å². The number of hydrogen-bond donors (Lipinski definition) is 2. The molecule has 1 aliphatic heterocycles. The van der Waals surface area contributed by atoms with E-state index in [0.717, 1.165) is 18.7 Å². The van der Waals surface area contributed by atoms with Crippen LogP contribution in [0.25, 0.3) is 0 Å². The Labute approximate surface area is 133 Å². The minimum absolute atomic E-state index is 0.213. The molecule has 1 heterocycles. The number of rotatable bonds is 4. The number of nitrogens with two attached hydrogens (primary N) is 1. The summed E-state index contributed by atoms with van der Waals surface area (Å²) in [5.41, 5.74) is 5.99. The van der Waals surface area contributed by atoms with Crippen molar-refractivity contribution in [2.45, 2.75) is 44.7 Å². The van der Waals surface area contributed by atoms with E-state index in [9.17, 15) is 0 Å². The Morgan fingerprint density at radius 1 is 1.33 bits per heavy atom. The molecule has 1 aromatic rings. The van der Waals surface area contributed by atoms with Crippen LogP contribution in [0.4, 0.5) is 0 Å². The lowest BCUT2D eigenvalue weighted by Crippen LogP contribution is -2.55. The number of hydrogen-bond acceptors (Lipinski definition) is 4. The fourth-order valence-corrected chi connectivity index (χ4v) is 4.14. The fourth-order valence-electron chi connectivity index (χ4n) is 2.83. The van der Waals surface area contributed by atoms with Crippen LogP contribution >= 0.6 is 11.8 Å². The molecule has 0 spiro atoms. The van der Waals surface area contributed by atoms with Crippen molar-refractivity contribution in [2.75, 3.05) is 25.1 Å². The van der Waals surface area contributed by atoms with Crippen LogP contribution in [0.5, 0.6) is 0 Å². The Kier molecular flexibility index (Phi) is 5.72. The normalized spacial score (nSPS) is 22.2. The molecular weight excluding hydrogens is 278 g/mol. The van der Waals surface area contributed by atoms with Crippen molar-refractivity contribution >= 4 is 11.8 Å². The Balaban J connectivity index is 2.04. The summed E-state index contributed by atoms with van der Waals surface area (Å²) < 4.78 is 0. The lowest BCUT2D eigenvalue weighted by molar-refractivity contribution is 0.214. The molecule has 2 atom stereocenters. The summed E-state index contributed by atoms with van der Waals surface area (Å²) in [5.74, 6) is 8.21. The lowest BCUT2D eigenvalue weighted by atomic mass is 9.86. The first-order valence-electron chi connectivity index (χ1n) is 7.75. The van der Waals surface area contributed by atoms with Crippen LogP contribution in [0.15, 0.2) is 24.3 Å². The van der Waals surface area contributed by atoms with Crippen LogP contribution < -0.4 is 11.3 Å². The molecule has 2 rings (SSSR count). The quantitative estimate of drug-likeness (QED) is 0.662. The first kappa shape index (κ1) is 16.8. The molecule has 0 saturated carbocycles. The number of thioether (sulfide) groups is 1. The predicted molar refractivity (Wildman–Crippen MR) is 93.7 cm³/mol. The predicted octanol–water partition coefficient (Wildman–Crippen LogP) is 2.41. The highest BCUT2D eigenvalue weighted by Crippen LogP contribution is 2.23. The van der Waals surface area contributed by atoms with E-state index < -0.39 is 0 Å². The maximum Gasteiger partial charge on any atom is 0.0414 e. The van der Waals surface area contributed by atoms with Crippen molar-refractivity contribution in [2.24, 2.45) is 5.84 Å². The van der Waals surface area contributed by atoms with E-state index in [0.29, 0.717) is 12.1 Å². The van der Waals surface area contributed by atoms with Gasteiger partial charge in [-0.05, 0) is 30.0 Å². The Morgan fingerprint density at radius 3 is 2.52 bits per heavy atom. The van der Waals surface area contributed by atoms with Gasteiger partial charge in [-0.15, -0.1) is 0 Å². The van der Waals surface area contributed by atoms with Crippen molar-refractivity contribution < 1.29 is 0 Å². The third-order valence-corrected chi connectivity index (χ3v) is 5.45. The molecule has 1 aliphatic rings.